The molecule has 50 valence electrons. The molecule has 0 bridgehead atoms. The van der Waals surface area contributed by atoms with Gasteiger partial charge in [0, 0.05) is 12.4 Å². The van der Waals surface area contributed by atoms with Crippen molar-refractivity contribution in [2.24, 2.45) is 0 Å². The van der Waals surface area contributed by atoms with Crippen molar-refractivity contribution in [1.82, 2.24) is 9.61 Å². The first-order valence-electron chi connectivity index (χ1n) is 2.96. The topological polar surface area (TPSA) is 17.3 Å². The van der Waals surface area contributed by atoms with Crippen molar-refractivity contribution in [1.29, 1.82) is 0 Å². The monoisotopic (exact) mass is 152 g/mol. The van der Waals surface area contributed by atoms with Crippen LogP contribution in [0.1, 0.15) is 0 Å². The third-order valence-electron chi connectivity index (χ3n) is 1.38. The largest absolute Gasteiger partial charge is 0.239 e. The Labute approximate surface area is 63.0 Å². The lowest BCUT2D eigenvalue weighted by Crippen LogP contribution is -1.84. The van der Waals surface area contributed by atoms with Gasteiger partial charge in [0.2, 0.25) is 0 Å². The smallest absolute Gasteiger partial charge is 0.0832 e. The lowest BCUT2D eigenvalue weighted by Gasteiger charge is -1.89. The summed E-state index contributed by atoms with van der Waals surface area (Å²) in [6.45, 7) is 0. The second-order valence-corrected chi connectivity index (χ2v) is 2.42. The van der Waals surface area contributed by atoms with Crippen LogP contribution >= 0.6 is 11.6 Å². The van der Waals surface area contributed by atoms with Gasteiger partial charge >= 0.3 is 0 Å². The minimum atomic E-state index is 0.744. The number of hydrogen-bond acceptors (Lipinski definition) is 1. The van der Waals surface area contributed by atoms with Gasteiger partial charge in [0.05, 0.1) is 10.5 Å². The Kier molecular flexibility index (Phi) is 1.14. The Morgan fingerprint density at radius 3 is 3.10 bits per heavy atom. The second kappa shape index (κ2) is 1.99. The van der Waals surface area contributed by atoms with Crippen LogP contribution in [0.5, 0.6) is 0 Å². The Morgan fingerprint density at radius 1 is 1.40 bits per heavy atom. The number of halogens is 1. The van der Waals surface area contributed by atoms with E-state index in [9.17, 15) is 0 Å². The molecule has 0 saturated heterocycles. The molecule has 0 aromatic carbocycles. The van der Waals surface area contributed by atoms with E-state index in [2.05, 4.69) is 5.10 Å². The van der Waals surface area contributed by atoms with Crippen LogP contribution in [0.15, 0.2) is 30.6 Å². The van der Waals surface area contributed by atoms with Gasteiger partial charge in [0.1, 0.15) is 0 Å². The summed E-state index contributed by atoms with van der Waals surface area (Å²) in [6, 6.07) is 5.61. The predicted molar refractivity (Wildman–Crippen MR) is 40.2 cm³/mol. The zero-order valence-electron chi connectivity index (χ0n) is 5.16. The van der Waals surface area contributed by atoms with Crippen molar-refractivity contribution < 1.29 is 0 Å². The molecule has 2 aromatic heterocycles. The molecular weight excluding hydrogens is 148 g/mol. The quantitative estimate of drug-likeness (QED) is 0.564. The molecule has 0 aliphatic carbocycles. The molecule has 2 rings (SSSR count). The van der Waals surface area contributed by atoms with E-state index < -0.39 is 0 Å². The highest BCUT2D eigenvalue weighted by atomic mass is 35.5. The maximum absolute atomic E-state index is 5.81. The molecule has 0 amide bonds. The number of nitrogens with zero attached hydrogens (tertiary/aromatic N) is 2. The highest BCUT2D eigenvalue weighted by Gasteiger charge is 1.95. The Morgan fingerprint density at radius 2 is 2.30 bits per heavy atom. The molecule has 0 unspecified atom stereocenters. The third-order valence-corrected chi connectivity index (χ3v) is 1.70. The van der Waals surface area contributed by atoms with E-state index in [4.69, 9.17) is 11.6 Å². The molecule has 0 aliphatic heterocycles. The summed E-state index contributed by atoms with van der Waals surface area (Å²) in [6.07, 6.45) is 3.56. The molecule has 10 heavy (non-hydrogen) atoms. The molecule has 2 aromatic rings. The van der Waals surface area contributed by atoms with E-state index in [-0.39, 0.29) is 0 Å². The first kappa shape index (κ1) is 5.74. The first-order valence-corrected chi connectivity index (χ1v) is 3.33. The predicted octanol–water partition coefficient (Wildman–Crippen LogP) is 1.99. The summed E-state index contributed by atoms with van der Waals surface area (Å²) in [4.78, 5) is 0. The third kappa shape index (κ3) is 0.693. The van der Waals surface area contributed by atoms with Crippen molar-refractivity contribution in [2.45, 2.75) is 0 Å². The summed E-state index contributed by atoms with van der Waals surface area (Å²) in [5.74, 6) is 0. The molecule has 0 aliphatic rings. The van der Waals surface area contributed by atoms with Crippen LogP contribution < -0.4 is 0 Å². The van der Waals surface area contributed by atoms with Crippen molar-refractivity contribution in [3.63, 3.8) is 0 Å². The van der Waals surface area contributed by atoms with E-state index in [1.165, 1.54) is 0 Å². The summed E-state index contributed by atoms with van der Waals surface area (Å²) in [7, 11) is 0. The Hall–Kier alpha value is -1.02. The Bertz CT molecular complexity index is 353. The highest BCUT2D eigenvalue weighted by Crippen LogP contribution is 2.15. The van der Waals surface area contributed by atoms with Gasteiger partial charge in [-0.1, -0.05) is 11.6 Å². The first-order chi connectivity index (χ1) is 4.88. The summed E-state index contributed by atoms with van der Waals surface area (Å²) < 4.78 is 1.74. The lowest BCUT2D eigenvalue weighted by atomic mass is 10.4. The van der Waals surface area contributed by atoms with E-state index >= 15 is 0 Å². The van der Waals surface area contributed by atoms with Crippen LogP contribution in [0.3, 0.4) is 0 Å². The standard InChI is InChI=1S/C7H5ClN2/c8-6-3-5-10-7(6)2-1-4-9-10/h1-5H. The molecule has 3 heteroatoms. The summed E-state index contributed by atoms with van der Waals surface area (Å²) in [5, 5.41) is 4.78. The van der Waals surface area contributed by atoms with E-state index in [0.29, 0.717) is 0 Å². The van der Waals surface area contributed by atoms with Gasteiger partial charge in [-0.25, -0.2) is 4.52 Å². The van der Waals surface area contributed by atoms with Gasteiger partial charge in [-0.05, 0) is 18.2 Å². The van der Waals surface area contributed by atoms with Gasteiger partial charge in [0.15, 0.2) is 0 Å². The van der Waals surface area contributed by atoms with Crippen LogP contribution in [0, 0.1) is 0 Å². The van der Waals surface area contributed by atoms with Crippen molar-refractivity contribution >= 4 is 17.1 Å². The van der Waals surface area contributed by atoms with Gasteiger partial charge in [-0.3, -0.25) is 0 Å². The molecule has 0 radical (unpaired) electrons. The SMILES string of the molecule is Clc1ccn2ncccc12. The number of fused-ring (bicyclic) bond motifs is 1. The molecule has 0 saturated carbocycles. The molecule has 2 heterocycles. The van der Waals surface area contributed by atoms with Crippen molar-refractivity contribution in [2.75, 3.05) is 0 Å². The van der Waals surface area contributed by atoms with E-state index in [0.717, 1.165) is 10.5 Å². The van der Waals surface area contributed by atoms with Crippen LogP contribution in [-0.2, 0) is 0 Å². The fraction of sp³-hybridized carbons (Fsp3) is 0. The number of aromatic nitrogens is 2. The van der Waals surface area contributed by atoms with E-state index in [1.54, 1.807) is 10.7 Å². The Balaban J connectivity index is 2.93. The van der Waals surface area contributed by atoms with Gasteiger partial charge < -0.3 is 0 Å². The molecule has 0 fully saturated rings. The molecular formula is C7H5ClN2. The minimum Gasteiger partial charge on any atom is -0.239 e. The molecule has 0 spiro atoms. The maximum Gasteiger partial charge on any atom is 0.0832 e. The normalized spacial score (nSPS) is 10.5. The average molecular weight is 153 g/mol. The summed E-state index contributed by atoms with van der Waals surface area (Å²) in [5.41, 5.74) is 0.948. The second-order valence-electron chi connectivity index (χ2n) is 2.02. The number of rotatable bonds is 0. The molecule has 0 atom stereocenters. The van der Waals surface area contributed by atoms with Gasteiger partial charge in [-0.2, -0.15) is 5.10 Å². The minimum absolute atomic E-state index is 0.744. The van der Waals surface area contributed by atoms with Crippen LogP contribution in [0.25, 0.3) is 5.52 Å². The van der Waals surface area contributed by atoms with Crippen LogP contribution in [0.4, 0.5) is 0 Å². The average Bonchev–Trinajstić information content (AvgIpc) is 2.34. The maximum atomic E-state index is 5.81. The van der Waals surface area contributed by atoms with Gasteiger partial charge in [0.25, 0.3) is 0 Å². The fourth-order valence-electron chi connectivity index (χ4n) is 0.912. The van der Waals surface area contributed by atoms with Crippen molar-refractivity contribution in [3.05, 3.63) is 35.6 Å². The number of hydrogen-bond donors (Lipinski definition) is 0. The van der Waals surface area contributed by atoms with Crippen LogP contribution in [0.2, 0.25) is 5.02 Å². The highest BCUT2D eigenvalue weighted by molar-refractivity contribution is 6.33. The van der Waals surface area contributed by atoms with Gasteiger partial charge in [-0.15, -0.1) is 0 Å². The fourth-order valence-corrected chi connectivity index (χ4v) is 1.12. The summed E-state index contributed by atoms with van der Waals surface area (Å²) >= 11 is 5.81. The van der Waals surface area contributed by atoms with Crippen LogP contribution in [-0.4, -0.2) is 9.61 Å². The molecule has 0 N–H and O–H groups in total. The molecule has 2 nitrogen and oxygen atoms in total. The lowest BCUT2D eigenvalue weighted by molar-refractivity contribution is 0.941. The zero-order valence-corrected chi connectivity index (χ0v) is 5.92. The van der Waals surface area contributed by atoms with E-state index in [1.807, 2.05) is 24.4 Å². The zero-order chi connectivity index (χ0) is 6.97. The van der Waals surface area contributed by atoms with Crippen molar-refractivity contribution in [3.8, 4) is 0 Å².